The van der Waals surface area contributed by atoms with Crippen LogP contribution in [0.15, 0.2) is 40.2 Å². The topological polar surface area (TPSA) is 62.3 Å². The lowest BCUT2D eigenvalue weighted by Gasteiger charge is -2.35. The Bertz CT molecular complexity index is 713. The van der Waals surface area contributed by atoms with Crippen LogP contribution in [0.3, 0.4) is 0 Å². The molecule has 0 spiro atoms. The molecule has 21 heavy (non-hydrogen) atoms. The minimum absolute atomic E-state index is 0.209. The number of aryl methyl sites for hydroxylation is 1. The van der Waals surface area contributed by atoms with Gasteiger partial charge < -0.3 is 5.32 Å². The minimum Gasteiger partial charge on any atom is -0.313 e. The minimum atomic E-state index is -3.46. The number of hydrogen-bond acceptors (Lipinski definition) is 5. The molecule has 0 aromatic carbocycles. The zero-order valence-corrected chi connectivity index (χ0v) is 13.3. The van der Waals surface area contributed by atoms with Crippen molar-refractivity contribution in [2.75, 3.05) is 19.6 Å². The van der Waals surface area contributed by atoms with Gasteiger partial charge in [0, 0.05) is 32.0 Å². The molecular formula is C14H17N3O2S2. The fourth-order valence-electron chi connectivity index (χ4n) is 2.56. The highest BCUT2D eigenvalue weighted by Crippen LogP contribution is 2.32. The first-order chi connectivity index (χ1) is 10.1. The molecule has 1 N–H and O–H groups in total. The van der Waals surface area contributed by atoms with Crippen molar-refractivity contribution in [3.05, 3.63) is 47.1 Å². The Morgan fingerprint density at radius 3 is 2.95 bits per heavy atom. The second kappa shape index (κ2) is 5.84. The van der Waals surface area contributed by atoms with Crippen LogP contribution in [0.4, 0.5) is 0 Å². The maximum atomic E-state index is 12.9. The number of nitrogens with zero attached hydrogens (tertiary/aromatic N) is 2. The van der Waals surface area contributed by atoms with Gasteiger partial charge in [-0.05, 0) is 35.6 Å². The van der Waals surface area contributed by atoms with Gasteiger partial charge in [0.25, 0.3) is 10.0 Å². The molecule has 5 nitrogen and oxygen atoms in total. The molecule has 2 aromatic rings. The molecule has 112 valence electrons. The molecule has 7 heteroatoms. The fraction of sp³-hybridized carbons (Fsp3) is 0.357. The number of piperazine rings is 1. The SMILES string of the molecule is Cc1ccsc1S(=O)(=O)N1CCNCC1c1cccnc1. The summed E-state index contributed by atoms with van der Waals surface area (Å²) in [5.74, 6) is 0. The number of aromatic nitrogens is 1. The molecule has 3 heterocycles. The van der Waals surface area contributed by atoms with E-state index >= 15 is 0 Å². The Kier molecular flexibility index (Phi) is 4.08. The molecule has 2 aromatic heterocycles. The standard InChI is InChI=1S/C14H17N3O2S2/c1-11-4-8-20-14(11)21(18,19)17-7-6-16-10-13(17)12-3-2-5-15-9-12/h2-5,8-9,13,16H,6-7,10H2,1H3. The zero-order chi connectivity index (χ0) is 14.9. The summed E-state index contributed by atoms with van der Waals surface area (Å²) in [6.07, 6.45) is 3.43. The summed E-state index contributed by atoms with van der Waals surface area (Å²) in [5.41, 5.74) is 1.73. The van der Waals surface area contributed by atoms with Crippen molar-refractivity contribution in [2.45, 2.75) is 17.2 Å². The Labute approximate surface area is 128 Å². The summed E-state index contributed by atoms with van der Waals surface area (Å²) < 4.78 is 27.9. The number of thiophene rings is 1. The summed E-state index contributed by atoms with van der Waals surface area (Å²) in [7, 11) is -3.46. The van der Waals surface area contributed by atoms with Crippen LogP contribution in [-0.4, -0.2) is 37.3 Å². The molecular weight excluding hydrogens is 306 g/mol. The Hall–Kier alpha value is -1.28. The van der Waals surface area contributed by atoms with Gasteiger partial charge in [-0.1, -0.05) is 6.07 Å². The molecule has 0 aliphatic carbocycles. The van der Waals surface area contributed by atoms with E-state index in [1.165, 1.54) is 11.3 Å². The Morgan fingerprint density at radius 2 is 2.29 bits per heavy atom. The van der Waals surface area contributed by atoms with E-state index in [9.17, 15) is 8.42 Å². The van der Waals surface area contributed by atoms with Gasteiger partial charge in [0.15, 0.2) is 0 Å². The summed E-state index contributed by atoms with van der Waals surface area (Å²) in [4.78, 5) is 4.11. The van der Waals surface area contributed by atoms with E-state index in [-0.39, 0.29) is 6.04 Å². The maximum absolute atomic E-state index is 12.9. The van der Waals surface area contributed by atoms with E-state index in [2.05, 4.69) is 10.3 Å². The van der Waals surface area contributed by atoms with Crippen LogP contribution < -0.4 is 5.32 Å². The highest BCUT2D eigenvalue weighted by molar-refractivity contribution is 7.91. The van der Waals surface area contributed by atoms with Crippen molar-refractivity contribution in [1.82, 2.24) is 14.6 Å². The summed E-state index contributed by atoms with van der Waals surface area (Å²) in [6, 6.07) is 5.40. The van der Waals surface area contributed by atoms with Crippen LogP contribution in [0.2, 0.25) is 0 Å². The number of rotatable bonds is 3. The van der Waals surface area contributed by atoms with Gasteiger partial charge in [-0.15, -0.1) is 11.3 Å². The molecule has 0 bridgehead atoms. The van der Waals surface area contributed by atoms with Crippen molar-refractivity contribution in [1.29, 1.82) is 0 Å². The predicted molar refractivity (Wildman–Crippen MR) is 82.8 cm³/mol. The molecule has 1 atom stereocenters. The van der Waals surface area contributed by atoms with Gasteiger partial charge in [-0.25, -0.2) is 8.42 Å². The molecule has 0 amide bonds. The lowest BCUT2D eigenvalue weighted by Crippen LogP contribution is -2.48. The lowest BCUT2D eigenvalue weighted by molar-refractivity contribution is 0.271. The average Bonchev–Trinajstić information content (AvgIpc) is 2.95. The smallest absolute Gasteiger partial charge is 0.253 e. The second-order valence-electron chi connectivity index (χ2n) is 5.01. The third-order valence-electron chi connectivity index (χ3n) is 3.62. The summed E-state index contributed by atoms with van der Waals surface area (Å²) in [5, 5.41) is 5.09. The third-order valence-corrected chi connectivity index (χ3v) is 7.20. The van der Waals surface area contributed by atoms with E-state index in [4.69, 9.17) is 0 Å². The predicted octanol–water partition coefficient (Wildman–Crippen LogP) is 1.79. The molecule has 1 aliphatic rings. The first-order valence-corrected chi connectivity index (χ1v) is 9.09. The van der Waals surface area contributed by atoms with Gasteiger partial charge in [-0.2, -0.15) is 4.31 Å². The molecule has 1 fully saturated rings. The van der Waals surface area contributed by atoms with E-state index in [0.29, 0.717) is 23.8 Å². The Morgan fingerprint density at radius 1 is 1.43 bits per heavy atom. The molecule has 1 unspecified atom stereocenters. The average molecular weight is 323 g/mol. The van der Waals surface area contributed by atoms with Crippen LogP contribution in [0, 0.1) is 6.92 Å². The quantitative estimate of drug-likeness (QED) is 0.935. The largest absolute Gasteiger partial charge is 0.313 e. The summed E-state index contributed by atoms with van der Waals surface area (Å²) >= 11 is 1.28. The van der Waals surface area contributed by atoms with Gasteiger partial charge in [0.1, 0.15) is 4.21 Å². The van der Waals surface area contributed by atoms with Gasteiger partial charge in [0.2, 0.25) is 0 Å². The summed E-state index contributed by atoms with van der Waals surface area (Å²) in [6.45, 7) is 3.58. The van der Waals surface area contributed by atoms with Gasteiger partial charge >= 0.3 is 0 Å². The van der Waals surface area contributed by atoms with Crippen LogP contribution in [-0.2, 0) is 10.0 Å². The van der Waals surface area contributed by atoms with E-state index < -0.39 is 10.0 Å². The monoisotopic (exact) mass is 323 g/mol. The number of sulfonamides is 1. The normalized spacial score (nSPS) is 20.5. The van der Waals surface area contributed by atoms with E-state index in [1.54, 1.807) is 16.7 Å². The first-order valence-electron chi connectivity index (χ1n) is 6.77. The number of hydrogen-bond donors (Lipinski definition) is 1. The lowest BCUT2D eigenvalue weighted by atomic mass is 10.1. The van der Waals surface area contributed by atoms with Gasteiger partial charge in [-0.3, -0.25) is 4.98 Å². The van der Waals surface area contributed by atoms with E-state index in [1.807, 2.05) is 30.5 Å². The zero-order valence-electron chi connectivity index (χ0n) is 11.7. The maximum Gasteiger partial charge on any atom is 0.253 e. The fourth-order valence-corrected chi connectivity index (χ4v) is 5.70. The van der Waals surface area contributed by atoms with Crippen LogP contribution >= 0.6 is 11.3 Å². The molecule has 0 saturated carbocycles. The highest BCUT2D eigenvalue weighted by atomic mass is 32.2. The van der Waals surface area contributed by atoms with E-state index in [0.717, 1.165) is 11.1 Å². The first kappa shape index (κ1) is 14.6. The van der Waals surface area contributed by atoms with Crippen LogP contribution in [0.1, 0.15) is 17.2 Å². The highest BCUT2D eigenvalue weighted by Gasteiger charge is 2.35. The molecule has 1 aliphatic heterocycles. The number of nitrogens with one attached hydrogen (secondary N) is 1. The molecule has 3 rings (SSSR count). The van der Waals surface area contributed by atoms with Crippen molar-refractivity contribution in [2.24, 2.45) is 0 Å². The van der Waals surface area contributed by atoms with Gasteiger partial charge in [0.05, 0.1) is 6.04 Å². The van der Waals surface area contributed by atoms with Crippen LogP contribution in [0.5, 0.6) is 0 Å². The van der Waals surface area contributed by atoms with Crippen molar-refractivity contribution in [3.63, 3.8) is 0 Å². The second-order valence-corrected chi connectivity index (χ2v) is 8.02. The van der Waals surface area contributed by atoms with Crippen molar-refractivity contribution in [3.8, 4) is 0 Å². The van der Waals surface area contributed by atoms with Crippen LogP contribution in [0.25, 0.3) is 0 Å². The Balaban J connectivity index is 2.01. The van der Waals surface area contributed by atoms with Crippen molar-refractivity contribution >= 4 is 21.4 Å². The van der Waals surface area contributed by atoms with Crippen molar-refractivity contribution < 1.29 is 8.42 Å². The number of pyridine rings is 1. The molecule has 0 radical (unpaired) electrons. The third kappa shape index (κ3) is 2.74. The molecule has 1 saturated heterocycles.